The highest BCUT2D eigenvalue weighted by molar-refractivity contribution is 7.14. The first-order chi connectivity index (χ1) is 7.17. The molecule has 0 bridgehead atoms. The number of rotatable bonds is 4. The molecule has 0 aromatic carbocycles. The van der Waals surface area contributed by atoms with Gasteiger partial charge in [0, 0.05) is 0 Å². The molecule has 0 fully saturated rings. The maximum absolute atomic E-state index is 11.5. The number of nitriles is 1. The van der Waals surface area contributed by atoms with E-state index in [2.05, 4.69) is 4.74 Å². The largest absolute Gasteiger partial charge is 0.466 e. The van der Waals surface area contributed by atoms with E-state index in [9.17, 15) is 9.59 Å². The smallest absolute Gasteiger partial charge is 0.313 e. The van der Waals surface area contributed by atoms with Crippen LogP contribution < -0.4 is 0 Å². The summed E-state index contributed by atoms with van der Waals surface area (Å²) in [4.78, 5) is 23.3. The van der Waals surface area contributed by atoms with Crippen LogP contribution >= 0.6 is 11.3 Å². The molecule has 5 heteroatoms. The van der Waals surface area contributed by atoms with Gasteiger partial charge in [0.25, 0.3) is 0 Å². The van der Waals surface area contributed by atoms with E-state index in [-0.39, 0.29) is 18.8 Å². The van der Waals surface area contributed by atoms with E-state index in [1.807, 2.05) is 6.07 Å². The number of carbonyl (C=O) groups is 2. The van der Waals surface area contributed by atoms with Gasteiger partial charge in [0.1, 0.15) is 17.4 Å². The Hall–Kier alpha value is -1.67. The van der Waals surface area contributed by atoms with Crippen molar-refractivity contribution in [1.82, 2.24) is 0 Å². The molecule has 1 heterocycles. The molecule has 15 heavy (non-hydrogen) atoms. The molecule has 1 rings (SSSR count). The zero-order chi connectivity index (χ0) is 11.3. The Morgan fingerprint density at radius 2 is 2.27 bits per heavy atom. The summed E-state index contributed by atoms with van der Waals surface area (Å²) >= 11 is 1.08. The maximum Gasteiger partial charge on any atom is 0.313 e. The molecule has 4 nitrogen and oxygen atoms in total. The molecule has 0 aliphatic heterocycles. The Morgan fingerprint density at radius 1 is 1.53 bits per heavy atom. The van der Waals surface area contributed by atoms with Gasteiger partial charge in [-0.1, -0.05) is 0 Å². The van der Waals surface area contributed by atoms with Crippen LogP contribution in [0.1, 0.15) is 27.9 Å². The van der Waals surface area contributed by atoms with Gasteiger partial charge in [-0.3, -0.25) is 9.59 Å². The van der Waals surface area contributed by atoms with Crippen LogP contribution in [-0.2, 0) is 9.53 Å². The summed E-state index contributed by atoms with van der Waals surface area (Å²) < 4.78 is 4.65. The van der Waals surface area contributed by atoms with Crippen LogP contribution in [0.5, 0.6) is 0 Å². The van der Waals surface area contributed by atoms with Crippen molar-refractivity contribution in [3.8, 4) is 6.07 Å². The molecule has 0 saturated carbocycles. The molecule has 78 valence electrons. The number of hydrogen-bond acceptors (Lipinski definition) is 5. The highest BCUT2D eigenvalue weighted by Crippen LogP contribution is 2.17. The summed E-state index contributed by atoms with van der Waals surface area (Å²) in [6.07, 6.45) is -0.265. The van der Waals surface area contributed by atoms with Gasteiger partial charge in [-0.05, 0) is 19.1 Å². The second-order valence-electron chi connectivity index (χ2n) is 2.68. The molecule has 0 aliphatic carbocycles. The predicted molar refractivity (Wildman–Crippen MR) is 54.6 cm³/mol. The lowest BCUT2D eigenvalue weighted by atomic mass is 10.2. The van der Waals surface area contributed by atoms with Crippen molar-refractivity contribution in [2.45, 2.75) is 13.3 Å². The second kappa shape index (κ2) is 5.27. The van der Waals surface area contributed by atoms with E-state index in [1.54, 1.807) is 19.1 Å². The fourth-order valence-corrected chi connectivity index (χ4v) is 1.72. The third-order valence-electron chi connectivity index (χ3n) is 1.60. The Labute approximate surface area is 91.1 Å². The van der Waals surface area contributed by atoms with Crippen molar-refractivity contribution in [1.29, 1.82) is 5.26 Å². The highest BCUT2D eigenvalue weighted by atomic mass is 32.1. The molecule has 1 aromatic rings. The Kier molecular flexibility index (Phi) is 4.01. The first-order valence-corrected chi connectivity index (χ1v) is 5.17. The molecule has 0 N–H and O–H groups in total. The summed E-state index contributed by atoms with van der Waals surface area (Å²) in [5, 5.41) is 8.56. The third kappa shape index (κ3) is 3.18. The molecule has 1 aromatic heterocycles. The van der Waals surface area contributed by atoms with Gasteiger partial charge >= 0.3 is 5.97 Å². The summed E-state index contributed by atoms with van der Waals surface area (Å²) in [5.41, 5.74) is 0. The van der Waals surface area contributed by atoms with Crippen molar-refractivity contribution in [3.05, 3.63) is 21.9 Å². The molecule has 0 radical (unpaired) electrons. The van der Waals surface area contributed by atoms with Gasteiger partial charge in [-0.25, -0.2) is 0 Å². The minimum atomic E-state index is -0.533. The maximum atomic E-state index is 11.5. The monoisotopic (exact) mass is 223 g/mol. The number of carbonyl (C=O) groups excluding carboxylic acids is 2. The minimum Gasteiger partial charge on any atom is -0.466 e. The van der Waals surface area contributed by atoms with Crippen LogP contribution in [0.3, 0.4) is 0 Å². The summed E-state index contributed by atoms with van der Waals surface area (Å²) in [6.45, 7) is 1.95. The van der Waals surface area contributed by atoms with Crippen LogP contribution in [0.4, 0.5) is 0 Å². The zero-order valence-corrected chi connectivity index (χ0v) is 8.97. The molecule has 0 atom stereocenters. The predicted octanol–water partition coefficient (Wildman–Crippen LogP) is 1.76. The van der Waals surface area contributed by atoms with E-state index >= 15 is 0 Å². The van der Waals surface area contributed by atoms with Gasteiger partial charge in [0.05, 0.1) is 11.5 Å². The van der Waals surface area contributed by atoms with E-state index in [1.165, 1.54) is 0 Å². The van der Waals surface area contributed by atoms with Crippen molar-refractivity contribution >= 4 is 23.1 Å². The van der Waals surface area contributed by atoms with Gasteiger partial charge in [-0.15, -0.1) is 11.3 Å². The normalized spacial score (nSPS) is 9.33. The summed E-state index contributed by atoms with van der Waals surface area (Å²) in [5.74, 6) is -0.839. The van der Waals surface area contributed by atoms with Crippen LogP contribution in [0.15, 0.2) is 12.1 Å². The number of Topliss-reactive ketones (excluding diaryl/α,β-unsaturated/α-hetero) is 1. The first-order valence-electron chi connectivity index (χ1n) is 4.36. The van der Waals surface area contributed by atoms with Gasteiger partial charge < -0.3 is 4.74 Å². The van der Waals surface area contributed by atoms with Gasteiger partial charge in [0.15, 0.2) is 5.78 Å². The zero-order valence-electron chi connectivity index (χ0n) is 8.15. The van der Waals surface area contributed by atoms with Crippen molar-refractivity contribution in [2.75, 3.05) is 6.61 Å². The number of esters is 1. The van der Waals surface area contributed by atoms with Crippen LogP contribution in [-0.4, -0.2) is 18.4 Å². The molecule has 0 aliphatic rings. The lowest BCUT2D eigenvalue weighted by Gasteiger charge is -1.98. The number of ether oxygens (including phenoxy) is 1. The minimum absolute atomic E-state index is 0.264. The topological polar surface area (TPSA) is 67.2 Å². The fourth-order valence-electron chi connectivity index (χ4n) is 0.978. The van der Waals surface area contributed by atoms with E-state index in [0.29, 0.717) is 9.75 Å². The number of hydrogen-bond donors (Lipinski definition) is 0. The van der Waals surface area contributed by atoms with Crippen molar-refractivity contribution in [3.63, 3.8) is 0 Å². The standard InChI is InChI=1S/C10H9NO3S/c1-2-14-10(13)5-8(12)9-4-3-7(6-11)15-9/h3-4H,2,5H2,1H3. The first kappa shape index (κ1) is 11.4. The van der Waals surface area contributed by atoms with E-state index < -0.39 is 5.97 Å². The third-order valence-corrected chi connectivity index (χ3v) is 2.63. The number of thiophene rings is 1. The quantitative estimate of drug-likeness (QED) is 0.443. The second-order valence-corrected chi connectivity index (χ2v) is 3.76. The van der Waals surface area contributed by atoms with Crippen molar-refractivity contribution < 1.29 is 14.3 Å². The molecule has 0 amide bonds. The molecule has 0 spiro atoms. The van der Waals surface area contributed by atoms with Crippen molar-refractivity contribution in [2.24, 2.45) is 0 Å². The molecular formula is C10H9NO3S. The Balaban J connectivity index is 2.62. The van der Waals surface area contributed by atoms with Gasteiger partial charge in [-0.2, -0.15) is 5.26 Å². The highest BCUT2D eigenvalue weighted by Gasteiger charge is 2.14. The fraction of sp³-hybridized carbons (Fsp3) is 0.300. The number of nitrogens with zero attached hydrogens (tertiary/aromatic N) is 1. The summed E-state index contributed by atoms with van der Waals surface area (Å²) in [6, 6.07) is 5.04. The average Bonchev–Trinajstić information content (AvgIpc) is 2.66. The molecule has 0 saturated heterocycles. The SMILES string of the molecule is CCOC(=O)CC(=O)c1ccc(C#N)s1. The molecule has 0 unspecified atom stereocenters. The lowest BCUT2D eigenvalue weighted by molar-refractivity contribution is -0.141. The Bertz CT molecular complexity index is 417. The van der Waals surface area contributed by atoms with Gasteiger partial charge in [0.2, 0.25) is 0 Å². The van der Waals surface area contributed by atoms with E-state index in [0.717, 1.165) is 11.3 Å². The average molecular weight is 223 g/mol. The van der Waals surface area contributed by atoms with E-state index in [4.69, 9.17) is 5.26 Å². The van der Waals surface area contributed by atoms with Crippen LogP contribution in [0.25, 0.3) is 0 Å². The van der Waals surface area contributed by atoms with Crippen LogP contribution in [0, 0.1) is 11.3 Å². The molecular weight excluding hydrogens is 214 g/mol. The summed E-state index contributed by atoms with van der Waals surface area (Å²) in [7, 11) is 0. The van der Waals surface area contributed by atoms with Crippen LogP contribution in [0.2, 0.25) is 0 Å². The lowest BCUT2D eigenvalue weighted by Crippen LogP contribution is -2.10. The number of ketones is 1. The Morgan fingerprint density at radius 3 is 2.80 bits per heavy atom.